The largest absolute Gasteiger partial charge is 0.333 e. The number of rotatable bonds is 6. The van der Waals surface area contributed by atoms with E-state index < -0.39 is 28.7 Å². The molecule has 2 aliphatic heterocycles. The van der Waals surface area contributed by atoms with Gasteiger partial charge in [0.15, 0.2) is 0 Å². The Kier molecular flexibility index (Phi) is 4.83. The van der Waals surface area contributed by atoms with Crippen LogP contribution in [0.25, 0.3) is 0 Å². The van der Waals surface area contributed by atoms with Crippen molar-refractivity contribution in [2.45, 2.75) is 58.9 Å². The quantitative estimate of drug-likeness (QED) is 0.665. The van der Waals surface area contributed by atoms with E-state index in [0.29, 0.717) is 11.5 Å². The summed E-state index contributed by atoms with van der Waals surface area (Å²) >= 11 is 0. The molecule has 0 aliphatic carbocycles. The first-order valence-electron chi connectivity index (χ1n) is 8.06. The van der Waals surface area contributed by atoms with Crippen molar-refractivity contribution < 1.29 is 28.8 Å². The lowest BCUT2D eigenvalue weighted by atomic mass is 9.77. The first-order valence-corrected chi connectivity index (χ1v) is 8.06. The molecule has 8 nitrogen and oxygen atoms in total. The van der Waals surface area contributed by atoms with Crippen LogP contribution in [0.5, 0.6) is 0 Å². The molecule has 0 N–H and O–H groups in total. The topological polar surface area (TPSA) is 101 Å². The Bertz CT molecular complexity index is 643. The Balaban J connectivity index is 1.99. The number of carbonyl (C=O) groups excluding carboxylic acids is 5. The highest BCUT2D eigenvalue weighted by atomic mass is 16.7. The number of amides is 4. The van der Waals surface area contributed by atoms with Crippen LogP contribution in [0.15, 0.2) is 12.2 Å². The van der Waals surface area contributed by atoms with E-state index in [1.165, 1.54) is 12.2 Å². The van der Waals surface area contributed by atoms with Crippen LogP contribution < -0.4 is 0 Å². The maximum absolute atomic E-state index is 12.1. The molecule has 1 saturated heterocycles. The lowest BCUT2D eigenvalue weighted by molar-refractivity contribution is -0.199. The van der Waals surface area contributed by atoms with Crippen LogP contribution in [0.2, 0.25) is 0 Å². The number of hydrogen-bond donors (Lipinski definition) is 0. The SMILES string of the molecule is CC(C)(CC(=O)ON1C(=O)CCC1=O)CC(C)(C)N1C(=O)C=CC1=O. The molecule has 0 aromatic carbocycles. The van der Waals surface area contributed by atoms with Gasteiger partial charge in [-0.05, 0) is 25.7 Å². The average Bonchev–Trinajstić information content (AvgIpc) is 2.93. The normalized spacial score (nSPS) is 18.6. The van der Waals surface area contributed by atoms with E-state index in [1.807, 2.05) is 0 Å². The molecular formula is C17H22N2O6. The predicted octanol–water partition coefficient (Wildman–Crippen LogP) is 1.10. The Morgan fingerprint density at radius 3 is 1.96 bits per heavy atom. The summed E-state index contributed by atoms with van der Waals surface area (Å²) in [7, 11) is 0. The molecule has 8 heteroatoms. The summed E-state index contributed by atoms with van der Waals surface area (Å²) in [5.74, 6) is -2.54. The van der Waals surface area contributed by atoms with Crippen molar-refractivity contribution in [1.82, 2.24) is 9.96 Å². The summed E-state index contributed by atoms with van der Waals surface area (Å²) in [6.45, 7) is 7.08. The van der Waals surface area contributed by atoms with Gasteiger partial charge in [0.1, 0.15) is 0 Å². The Hall–Kier alpha value is -2.51. The van der Waals surface area contributed by atoms with Gasteiger partial charge in [0.05, 0.1) is 6.42 Å². The number of nitrogens with zero attached hydrogens (tertiary/aromatic N) is 2. The zero-order chi connectivity index (χ0) is 19.0. The minimum atomic E-state index is -0.805. The van der Waals surface area contributed by atoms with Gasteiger partial charge in [-0.15, -0.1) is 5.06 Å². The van der Waals surface area contributed by atoms with Crippen molar-refractivity contribution in [3.05, 3.63) is 12.2 Å². The Labute approximate surface area is 145 Å². The molecule has 2 heterocycles. The molecule has 136 valence electrons. The summed E-state index contributed by atoms with van der Waals surface area (Å²) in [5, 5.41) is 0.515. The molecule has 0 unspecified atom stereocenters. The first-order chi connectivity index (χ1) is 11.4. The second-order valence-electron chi connectivity index (χ2n) is 7.72. The second-order valence-corrected chi connectivity index (χ2v) is 7.72. The van der Waals surface area contributed by atoms with Gasteiger partial charge in [-0.3, -0.25) is 24.1 Å². The fourth-order valence-electron chi connectivity index (χ4n) is 3.49. The van der Waals surface area contributed by atoms with Crippen LogP contribution in [-0.4, -0.2) is 45.1 Å². The van der Waals surface area contributed by atoms with Crippen molar-refractivity contribution in [2.24, 2.45) is 5.41 Å². The Morgan fingerprint density at radius 2 is 1.48 bits per heavy atom. The van der Waals surface area contributed by atoms with Crippen molar-refractivity contribution in [3.8, 4) is 0 Å². The molecule has 0 aromatic rings. The van der Waals surface area contributed by atoms with Gasteiger partial charge < -0.3 is 4.84 Å². The molecule has 25 heavy (non-hydrogen) atoms. The highest BCUT2D eigenvalue weighted by Crippen LogP contribution is 2.36. The van der Waals surface area contributed by atoms with Gasteiger partial charge in [-0.25, -0.2) is 4.79 Å². The number of carbonyl (C=O) groups is 5. The van der Waals surface area contributed by atoms with Crippen LogP contribution in [0.1, 0.15) is 53.4 Å². The van der Waals surface area contributed by atoms with Crippen molar-refractivity contribution in [3.63, 3.8) is 0 Å². The summed E-state index contributed by atoms with van der Waals surface area (Å²) in [5.41, 5.74) is -1.43. The van der Waals surface area contributed by atoms with Crippen LogP contribution in [0, 0.1) is 5.41 Å². The zero-order valence-electron chi connectivity index (χ0n) is 14.8. The van der Waals surface area contributed by atoms with Crippen molar-refractivity contribution in [1.29, 1.82) is 0 Å². The molecule has 0 spiro atoms. The molecule has 2 rings (SSSR count). The fraction of sp³-hybridized carbons (Fsp3) is 0.588. The lowest BCUT2D eigenvalue weighted by Crippen LogP contribution is -2.50. The standard InChI is InChI=1S/C17H22N2O6/c1-16(2,9-15(24)25-19-13(22)7-8-14(19)23)10-17(3,4)18-11(20)5-6-12(18)21/h5-6H,7-10H2,1-4H3. The highest BCUT2D eigenvalue weighted by Gasteiger charge is 2.42. The van der Waals surface area contributed by atoms with Gasteiger partial charge in [0.25, 0.3) is 23.6 Å². The minimum absolute atomic E-state index is 0.0364. The van der Waals surface area contributed by atoms with Crippen LogP contribution in [0.3, 0.4) is 0 Å². The third kappa shape index (κ3) is 4.12. The van der Waals surface area contributed by atoms with Crippen molar-refractivity contribution in [2.75, 3.05) is 0 Å². The molecule has 0 radical (unpaired) electrons. The smallest absolute Gasteiger partial charge is 0.330 e. The maximum atomic E-state index is 12.1. The molecule has 0 atom stereocenters. The average molecular weight is 350 g/mol. The molecule has 0 bridgehead atoms. The monoisotopic (exact) mass is 350 g/mol. The van der Waals surface area contributed by atoms with E-state index in [-0.39, 0.29) is 31.1 Å². The van der Waals surface area contributed by atoms with Crippen molar-refractivity contribution >= 4 is 29.6 Å². The maximum Gasteiger partial charge on any atom is 0.333 e. The third-order valence-corrected chi connectivity index (χ3v) is 4.15. The predicted molar refractivity (Wildman–Crippen MR) is 85.3 cm³/mol. The van der Waals surface area contributed by atoms with Crippen LogP contribution in [-0.2, 0) is 28.8 Å². The molecule has 0 aromatic heterocycles. The van der Waals surface area contributed by atoms with Gasteiger partial charge in [-0.2, -0.15) is 0 Å². The van der Waals surface area contributed by atoms with Crippen LogP contribution >= 0.6 is 0 Å². The van der Waals surface area contributed by atoms with E-state index in [1.54, 1.807) is 27.7 Å². The molecule has 0 saturated carbocycles. The fourth-order valence-corrected chi connectivity index (χ4v) is 3.49. The number of hydroxylamine groups is 2. The van der Waals surface area contributed by atoms with E-state index in [9.17, 15) is 24.0 Å². The summed E-state index contributed by atoms with van der Waals surface area (Å²) in [4.78, 5) is 64.9. The lowest BCUT2D eigenvalue weighted by Gasteiger charge is -2.39. The van der Waals surface area contributed by atoms with E-state index in [0.717, 1.165) is 4.90 Å². The van der Waals surface area contributed by atoms with Gasteiger partial charge >= 0.3 is 5.97 Å². The zero-order valence-corrected chi connectivity index (χ0v) is 14.8. The number of imide groups is 2. The Morgan fingerprint density at radius 1 is 1.00 bits per heavy atom. The van der Waals surface area contributed by atoms with Crippen LogP contribution in [0.4, 0.5) is 0 Å². The number of hydrogen-bond acceptors (Lipinski definition) is 6. The summed E-state index contributed by atoms with van der Waals surface area (Å²) in [6, 6.07) is 0. The van der Waals surface area contributed by atoms with Gasteiger partial charge in [0, 0.05) is 30.5 Å². The van der Waals surface area contributed by atoms with E-state index in [2.05, 4.69) is 0 Å². The summed E-state index contributed by atoms with van der Waals surface area (Å²) in [6.07, 6.45) is 2.78. The minimum Gasteiger partial charge on any atom is -0.330 e. The first kappa shape index (κ1) is 18.8. The summed E-state index contributed by atoms with van der Waals surface area (Å²) < 4.78 is 0. The molecule has 2 aliphatic rings. The van der Waals surface area contributed by atoms with E-state index >= 15 is 0 Å². The van der Waals surface area contributed by atoms with Gasteiger partial charge in [-0.1, -0.05) is 13.8 Å². The highest BCUT2D eigenvalue weighted by molar-refractivity contribution is 6.13. The third-order valence-electron chi connectivity index (χ3n) is 4.15. The molecule has 1 fully saturated rings. The van der Waals surface area contributed by atoms with E-state index in [4.69, 9.17) is 4.84 Å². The molecular weight excluding hydrogens is 328 g/mol. The molecule has 4 amide bonds. The van der Waals surface area contributed by atoms with Gasteiger partial charge in [0.2, 0.25) is 0 Å². The second kappa shape index (κ2) is 6.42.